The first-order valence-electron chi connectivity index (χ1n) is 12.4. The van der Waals surface area contributed by atoms with E-state index in [0.29, 0.717) is 52.5 Å². The standard InChI is InChI=1S/C30H27ClN4O5/c31-35(15-14-20-4-2-1-3-5-20)30(39)22-7-10-25(11-8-22)40-26-12-6-21(17-28(36)37)16-24(26)19-34-29(38)23-9-13-27(32)33-18-23/h1-13,16,18H,14-15,17,19H2,(H2,32,33)(H,34,38)(H,36,37). The molecule has 0 unspecified atom stereocenters. The number of ether oxygens (including phenoxy) is 1. The van der Waals surface area contributed by atoms with Gasteiger partial charge in [-0.05, 0) is 66.1 Å². The molecule has 3 aromatic carbocycles. The monoisotopic (exact) mass is 558 g/mol. The summed E-state index contributed by atoms with van der Waals surface area (Å²) in [7, 11) is 0. The summed E-state index contributed by atoms with van der Waals surface area (Å²) in [6.07, 6.45) is 1.82. The predicted molar refractivity (Wildman–Crippen MR) is 151 cm³/mol. The van der Waals surface area contributed by atoms with Gasteiger partial charge in [-0.2, -0.15) is 0 Å². The summed E-state index contributed by atoms with van der Waals surface area (Å²) in [5.74, 6) is -0.513. The van der Waals surface area contributed by atoms with Crippen molar-refractivity contribution in [2.45, 2.75) is 19.4 Å². The zero-order chi connectivity index (χ0) is 28.5. The highest BCUT2D eigenvalue weighted by atomic mass is 35.5. The quantitative estimate of drug-likeness (QED) is 0.224. The smallest absolute Gasteiger partial charge is 0.307 e. The Morgan fingerprint density at radius 2 is 1.65 bits per heavy atom. The van der Waals surface area contributed by atoms with E-state index in [4.69, 9.17) is 22.2 Å². The zero-order valence-electron chi connectivity index (χ0n) is 21.4. The lowest BCUT2D eigenvalue weighted by molar-refractivity contribution is -0.136. The maximum Gasteiger partial charge on any atom is 0.307 e. The molecule has 10 heteroatoms. The fourth-order valence-corrected chi connectivity index (χ4v) is 4.06. The summed E-state index contributed by atoms with van der Waals surface area (Å²) in [6, 6.07) is 24.3. The van der Waals surface area contributed by atoms with Crippen LogP contribution in [0.15, 0.2) is 91.1 Å². The van der Waals surface area contributed by atoms with Crippen LogP contribution in [0.3, 0.4) is 0 Å². The molecule has 1 heterocycles. The van der Waals surface area contributed by atoms with Gasteiger partial charge in [0.1, 0.15) is 17.3 Å². The second-order valence-electron chi connectivity index (χ2n) is 8.92. The van der Waals surface area contributed by atoms with Gasteiger partial charge in [-0.1, -0.05) is 36.4 Å². The van der Waals surface area contributed by atoms with Crippen LogP contribution in [0.25, 0.3) is 0 Å². The predicted octanol–water partition coefficient (Wildman–Crippen LogP) is 4.85. The highest BCUT2D eigenvalue weighted by Crippen LogP contribution is 2.27. The van der Waals surface area contributed by atoms with Crippen molar-refractivity contribution < 1.29 is 24.2 Å². The van der Waals surface area contributed by atoms with Crippen LogP contribution in [-0.2, 0) is 24.2 Å². The number of nitrogens with two attached hydrogens (primary N) is 1. The number of halogens is 1. The van der Waals surface area contributed by atoms with Gasteiger partial charge in [0.25, 0.3) is 11.8 Å². The first-order valence-corrected chi connectivity index (χ1v) is 12.7. The third-order valence-corrected chi connectivity index (χ3v) is 6.28. The van der Waals surface area contributed by atoms with E-state index in [1.807, 2.05) is 30.3 Å². The van der Waals surface area contributed by atoms with Gasteiger partial charge in [-0.15, -0.1) is 0 Å². The fraction of sp³-hybridized carbons (Fsp3) is 0.133. The average Bonchev–Trinajstić information content (AvgIpc) is 2.96. The summed E-state index contributed by atoms with van der Waals surface area (Å²) < 4.78 is 7.19. The molecule has 204 valence electrons. The number of nitrogens with one attached hydrogen (secondary N) is 1. The Morgan fingerprint density at radius 1 is 0.925 bits per heavy atom. The molecular weight excluding hydrogens is 532 g/mol. The van der Waals surface area contributed by atoms with Crippen LogP contribution in [0.4, 0.5) is 5.82 Å². The normalized spacial score (nSPS) is 10.5. The number of carboxylic acid groups (broad SMARTS) is 1. The largest absolute Gasteiger partial charge is 0.481 e. The molecule has 0 bridgehead atoms. The van der Waals surface area contributed by atoms with Gasteiger partial charge in [0.15, 0.2) is 0 Å². The van der Waals surface area contributed by atoms with Crippen LogP contribution in [0.5, 0.6) is 11.5 Å². The molecule has 0 saturated carbocycles. The number of pyridine rings is 1. The van der Waals surface area contributed by atoms with Gasteiger partial charge in [-0.25, -0.2) is 4.98 Å². The molecule has 4 aromatic rings. The van der Waals surface area contributed by atoms with Gasteiger partial charge in [0, 0.05) is 42.2 Å². The number of benzene rings is 3. The Balaban J connectivity index is 1.43. The van der Waals surface area contributed by atoms with E-state index in [1.165, 1.54) is 12.3 Å². The molecule has 1 aromatic heterocycles. The van der Waals surface area contributed by atoms with Gasteiger partial charge in [0.05, 0.1) is 12.0 Å². The Morgan fingerprint density at radius 3 is 2.33 bits per heavy atom. The summed E-state index contributed by atoms with van der Waals surface area (Å²) in [6.45, 7) is 0.429. The minimum atomic E-state index is -0.978. The summed E-state index contributed by atoms with van der Waals surface area (Å²) in [5.41, 5.74) is 8.52. The number of amides is 2. The molecule has 2 amide bonds. The molecule has 4 rings (SSSR count). The molecule has 9 nitrogen and oxygen atoms in total. The third kappa shape index (κ3) is 7.81. The van der Waals surface area contributed by atoms with Gasteiger partial charge < -0.3 is 20.9 Å². The molecule has 0 spiro atoms. The molecule has 40 heavy (non-hydrogen) atoms. The highest BCUT2D eigenvalue weighted by Gasteiger charge is 2.15. The summed E-state index contributed by atoms with van der Waals surface area (Å²) in [4.78, 5) is 40.5. The van der Waals surface area contributed by atoms with Crippen molar-refractivity contribution in [3.8, 4) is 11.5 Å². The van der Waals surface area contributed by atoms with Crippen molar-refractivity contribution in [2.75, 3.05) is 12.3 Å². The lowest BCUT2D eigenvalue weighted by atomic mass is 10.1. The Bertz CT molecular complexity index is 1480. The minimum absolute atomic E-state index is 0.0746. The van der Waals surface area contributed by atoms with E-state index in [1.54, 1.807) is 48.5 Å². The SMILES string of the molecule is Nc1ccc(C(=O)NCc2cc(CC(=O)O)ccc2Oc2ccc(C(=O)N(Cl)CCc3ccccc3)cc2)cn1. The van der Waals surface area contributed by atoms with Crippen LogP contribution in [0.1, 0.15) is 37.4 Å². The molecule has 0 aliphatic carbocycles. The first-order chi connectivity index (χ1) is 19.3. The number of hydrogen-bond donors (Lipinski definition) is 3. The van der Waals surface area contributed by atoms with Crippen LogP contribution in [0.2, 0.25) is 0 Å². The number of anilines is 1. The second-order valence-corrected chi connectivity index (χ2v) is 9.33. The number of rotatable bonds is 11. The van der Waals surface area contributed by atoms with Gasteiger partial charge >= 0.3 is 5.97 Å². The molecule has 4 N–H and O–H groups in total. The van der Waals surface area contributed by atoms with E-state index in [2.05, 4.69) is 10.3 Å². The summed E-state index contributed by atoms with van der Waals surface area (Å²) in [5, 5.41) is 12.0. The molecule has 0 aliphatic heterocycles. The van der Waals surface area contributed by atoms with Crippen LogP contribution in [-0.4, -0.2) is 38.8 Å². The van der Waals surface area contributed by atoms with Crippen LogP contribution in [0, 0.1) is 0 Å². The van der Waals surface area contributed by atoms with Gasteiger partial charge in [-0.3, -0.25) is 18.8 Å². The maximum atomic E-state index is 12.8. The Hall–Kier alpha value is -4.89. The lowest BCUT2D eigenvalue weighted by Crippen LogP contribution is -2.24. The lowest BCUT2D eigenvalue weighted by Gasteiger charge is -2.15. The van der Waals surface area contributed by atoms with Crippen molar-refractivity contribution in [2.24, 2.45) is 0 Å². The fourth-order valence-electron chi connectivity index (χ4n) is 3.88. The first kappa shape index (κ1) is 28.1. The number of nitrogens with zero attached hydrogens (tertiary/aromatic N) is 2. The number of aromatic nitrogens is 1. The molecule has 0 saturated heterocycles. The zero-order valence-corrected chi connectivity index (χ0v) is 22.2. The van der Waals surface area contributed by atoms with E-state index in [-0.39, 0.29) is 24.8 Å². The van der Waals surface area contributed by atoms with E-state index in [9.17, 15) is 19.5 Å². The number of carbonyl (C=O) groups excluding carboxylic acids is 2. The average molecular weight is 559 g/mol. The number of aliphatic carboxylic acids is 1. The molecule has 0 radical (unpaired) electrons. The molecular formula is C30H27ClN4O5. The number of hydrogen-bond acceptors (Lipinski definition) is 6. The second kappa shape index (κ2) is 13.3. The Kier molecular flexibility index (Phi) is 9.32. The van der Waals surface area contributed by atoms with E-state index < -0.39 is 5.97 Å². The minimum Gasteiger partial charge on any atom is -0.481 e. The number of carbonyl (C=O) groups is 3. The number of nitrogen functional groups attached to an aromatic ring is 1. The van der Waals surface area contributed by atoms with E-state index >= 15 is 0 Å². The third-order valence-electron chi connectivity index (χ3n) is 5.96. The summed E-state index contributed by atoms with van der Waals surface area (Å²) >= 11 is 6.24. The molecule has 0 atom stereocenters. The Labute approximate surface area is 236 Å². The molecule has 0 aliphatic rings. The molecule has 0 fully saturated rings. The topological polar surface area (TPSA) is 135 Å². The van der Waals surface area contributed by atoms with Crippen molar-refractivity contribution in [3.63, 3.8) is 0 Å². The van der Waals surface area contributed by atoms with Crippen molar-refractivity contribution in [3.05, 3.63) is 119 Å². The van der Waals surface area contributed by atoms with Crippen molar-refractivity contribution >= 4 is 35.4 Å². The highest BCUT2D eigenvalue weighted by molar-refractivity contribution is 6.24. The van der Waals surface area contributed by atoms with Crippen molar-refractivity contribution in [1.82, 2.24) is 14.7 Å². The van der Waals surface area contributed by atoms with Gasteiger partial charge in [0.2, 0.25) is 0 Å². The van der Waals surface area contributed by atoms with E-state index in [0.717, 1.165) is 9.98 Å². The maximum absolute atomic E-state index is 12.8. The van der Waals surface area contributed by atoms with Crippen LogP contribution >= 0.6 is 11.8 Å². The number of carboxylic acids is 1. The van der Waals surface area contributed by atoms with Crippen molar-refractivity contribution in [1.29, 1.82) is 0 Å². The van der Waals surface area contributed by atoms with Crippen LogP contribution < -0.4 is 15.8 Å².